The number of aromatic hydroxyl groups is 1. The maximum absolute atomic E-state index is 12.5. The van der Waals surface area contributed by atoms with Crippen molar-refractivity contribution in [1.29, 1.82) is 0 Å². The van der Waals surface area contributed by atoms with Crippen molar-refractivity contribution in [2.45, 2.75) is 17.8 Å². The normalized spacial score (nSPS) is 16.7. The number of amides is 3. The molecule has 38 heavy (non-hydrogen) atoms. The molecule has 0 aromatic heterocycles. The Hall–Kier alpha value is -4.55. The third-order valence-electron chi connectivity index (χ3n) is 5.43. The first-order chi connectivity index (χ1) is 18.2. The van der Waals surface area contributed by atoms with Crippen molar-refractivity contribution in [1.82, 2.24) is 10.4 Å². The third-order valence-corrected chi connectivity index (χ3v) is 6.17. The lowest BCUT2D eigenvalue weighted by atomic mass is 9.94. The number of nitro groups is 1. The maximum atomic E-state index is 12.5. The van der Waals surface area contributed by atoms with Gasteiger partial charge in [-0.15, -0.1) is 16.7 Å². The van der Waals surface area contributed by atoms with Crippen molar-refractivity contribution < 1.29 is 24.4 Å². The van der Waals surface area contributed by atoms with E-state index in [4.69, 9.17) is 23.2 Å². The Labute approximate surface area is 225 Å². The van der Waals surface area contributed by atoms with E-state index in [1.165, 1.54) is 42.5 Å². The number of nitrogens with zero attached hydrogens (tertiary/aromatic N) is 4. The van der Waals surface area contributed by atoms with Crippen LogP contribution in [-0.2, 0) is 14.4 Å². The number of alkyl halides is 1. The molecule has 194 valence electrons. The monoisotopic (exact) mass is 556 g/mol. The van der Waals surface area contributed by atoms with Gasteiger partial charge in [-0.05, 0) is 36.4 Å². The van der Waals surface area contributed by atoms with Gasteiger partial charge in [0.2, 0.25) is 11.8 Å². The van der Waals surface area contributed by atoms with Crippen LogP contribution in [0, 0.1) is 10.1 Å². The number of phenolic OH excluding ortho intramolecular Hbond substituents is 1. The number of benzene rings is 3. The molecule has 14 heteroatoms. The number of azo groups is 1. The highest BCUT2D eigenvalue weighted by Crippen LogP contribution is 2.42. The topological polar surface area (TPSA) is 167 Å². The molecule has 3 aromatic carbocycles. The molecule has 12 nitrogen and oxygen atoms in total. The van der Waals surface area contributed by atoms with Crippen LogP contribution in [0.1, 0.15) is 18.0 Å². The average molecular weight is 557 g/mol. The summed E-state index contributed by atoms with van der Waals surface area (Å²) in [6, 6.07) is 15.5. The van der Waals surface area contributed by atoms with Gasteiger partial charge in [-0.2, -0.15) is 5.11 Å². The molecule has 2 unspecified atom stereocenters. The molecule has 0 radical (unpaired) electrons. The standard InChI is InChI=1S/C24H18Cl2N6O6/c25-15-5-1-2-6-16(15)29-28-13-9-10-19(33)14(11-13)23-22(26)24(36)31(23)30-21(35)12-20(34)27-17-7-3-4-8-18(17)32(37)38/h1-11,22-23,33H,12H2,(H,27,34)(H,30,35). The number of carbonyl (C=O) groups excluding carboxylic acids is 3. The van der Waals surface area contributed by atoms with Gasteiger partial charge in [0.05, 0.1) is 15.6 Å². The number of anilines is 1. The number of carbonyl (C=O) groups is 3. The minimum Gasteiger partial charge on any atom is -0.508 e. The molecule has 1 aliphatic heterocycles. The van der Waals surface area contributed by atoms with E-state index < -0.39 is 40.5 Å². The molecular formula is C24H18Cl2N6O6. The van der Waals surface area contributed by atoms with Gasteiger partial charge in [0.1, 0.15) is 35.0 Å². The van der Waals surface area contributed by atoms with Crippen LogP contribution in [-0.4, -0.2) is 38.1 Å². The van der Waals surface area contributed by atoms with E-state index in [-0.39, 0.29) is 22.7 Å². The number of nitro benzene ring substituents is 1. The average Bonchev–Trinajstić information content (AvgIpc) is 2.89. The summed E-state index contributed by atoms with van der Waals surface area (Å²) in [5.74, 6) is -2.59. The molecule has 0 saturated carbocycles. The minimum absolute atomic E-state index is 0.0817. The lowest BCUT2D eigenvalue weighted by molar-refractivity contribution is -0.383. The van der Waals surface area contributed by atoms with E-state index >= 15 is 0 Å². The van der Waals surface area contributed by atoms with Crippen LogP contribution < -0.4 is 10.7 Å². The van der Waals surface area contributed by atoms with Gasteiger partial charge in [0, 0.05) is 11.6 Å². The van der Waals surface area contributed by atoms with Crippen LogP contribution >= 0.6 is 23.2 Å². The van der Waals surface area contributed by atoms with Crippen LogP contribution in [0.2, 0.25) is 5.02 Å². The van der Waals surface area contributed by atoms with Crippen LogP contribution in [0.5, 0.6) is 5.75 Å². The van der Waals surface area contributed by atoms with Crippen LogP contribution in [0.4, 0.5) is 22.7 Å². The molecule has 1 heterocycles. The first-order valence-corrected chi connectivity index (χ1v) is 11.8. The number of phenols is 1. The summed E-state index contributed by atoms with van der Waals surface area (Å²) < 4.78 is 0. The Bertz CT molecular complexity index is 1470. The third kappa shape index (κ3) is 5.71. The molecule has 0 spiro atoms. The highest BCUT2D eigenvalue weighted by atomic mass is 35.5. The second-order valence-corrected chi connectivity index (χ2v) is 8.86. The van der Waals surface area contributed by atoms with Gasteiger partial charge in [-0.25, -0.2) is 5.01 Å². The van der Waals surface area contributed by atoms with Gasteiger partial charge in [0.15, 0.2) is 0 Å². The molecule has 3 aromatic rings. The van der Waals surface area contributed by atoms with Gasteiger partial charge >= 0.3 is 0 Å². The summed E-state index contributed by atoms with van der Waals surface area (Å²) in [7, 11) is 0. The number of halogens is 2. The second-order valence-electron chi connectivity index (χ2n) is 7.98. The SMILES string of the molecule is O=C(CC(=O)NN1C(=O)C(Cl)C1c1cc(N=Nc2ccccc2Cl)ccc1O)Nc1ccccc1[N+](=O)[O-]. The van der Waals surface area contributed by atoms with Gasteiger partial charge in [-0.1, -0.05) is 35.9 Å². The predicted molar refractivity (Wildman–Crippen MR) is 137 cm³/mol. The molecule has 0 aliphatic carbocycles. The summed E-state index contributed by atoms with van der Waals surface area (Å²) in [6.45, 7) is 0. The lowest BCUT2D eigenvalue weighted by Crippen LogP contribution is -2.63. The first kappa shape index (κ1) is 26.5. The number of hydrazine groups is 1. The number of nitrogens with one attached hydrogen (secondary N) is 2. The van der Waals surface area contributed by atoms with E-state index in [9.17, 15) is 29.6 Å². The molecule has 0 bridgehead atoms. The molecule has 1 fully saturated rings. The molecular weight excluding hydrogens is 539 g/mol. The van der Waals surface area contributed by atoms with Crippen molar-refractivity contribution in [3.63, 3.8) is 0 Å². The number of hydrogen-bond donors (Lipinski definition) is 3. The Morgan fingerprint density at radius 3 is 2.50 bits per heavy atom. The Balaban J connectivity index is 1.46. The number of rotatable bonds is 8. The van der Waals surface area contributed by atoms with E-state index in [2.05, 4.69) is 21.0 Å². The lowest BCUT2D eigenvalue weighted by Gasteiger charge is -2.44. The van der Waals surface area contributed by atoms with E-state index in [1.807, 2.05) is 0 Å². The first-order valence-electron chi connectivity index (χ1n) is 10.9. The van der Waals surface area contributed by atoms with Crippen molar-refractivity contribution in [2.75, 3.05) is 5.32 Å². The van der Waals surface area contributed by atoms with E-state index in [0.29, 0.717) is 16.4 Å². The Morgan fingerprint density at radius 2 is 1.76 bits per heavy atom. The zero-order chi connectivity index (χ0) is 27.4. The van der Waals surface area contributed by atoms with Crippen LogP contribution in [0.25, 0.3) is 0 Å². The van der Waals surface area contributed by atoms with Crippen molar-refractivity contribution >= 4 is 63.7 Å². The minimum atomic E-state index is -1.11. The molecule has 1 saturated heterocycles. The fourth-order valence-electron chi connectivity index (χ4n) is 3.61. The van der Waals surface area contributed by atoms with Crippen LogP contribution in [0.15, 0.2) is 77.0 Å². The van der Waals surface area contributed by atoms with Gasteiger partial charge < -0.3 is 10.4 Å². The summed E-state index contributed by atoms with van der Waals surface area (Å²) in [4.78, 5) is 47.6. The maximum Gasteiger partial charge on any atom is 0.292 e. The summed E-state index contributed by atoms with van der Waals surface area (Å²) in [5, 5.41) is 32.2. The van der Waals surface area contributed by atoms with Crippen LogP contribution in [0.3, 0.4) is 0 Å². The van der Waals surface area contributed by atoms with Gasteiger partial charge in [0.25, 0.3) is 11.6 Å². The molecule has 3 N–H and O–H groups in total. The second kappa shape index (κ2) is 11.2. The number of para-hydroxylation sites is 2. The van der Waals surface area contributed by atoms with Gasteiger partial charge in [-0.3, -0.25) is 29.9 Å². The molecule has 1 aliphatic rings. The summed E-state index contributed by atoms with van der Waals surface area (Å²) >= 11 is 12.3. The molecule has 3 amide bonds. The van der Waals surface area contributed by atoms with E-state index in [0.717, 1.165) is 5.01 Å². The summed E-state index contributed by atoms with van der Waals surface area (Å²) in [5.41, 5.74) is 2.79. The number of β-lactam (4-membered cyclic amide) rings is 1. The predicted octanol–water partition coefficient (Wildman–Crippen LogP) is 4.92. The largest absolute Gasteiger partial charge is 0.508 e. The van der Waals surface area contributed by atoms with Crippen molar-refractivity contribution in [3.05, 3.63) is 87.4 Å². The fourth-order valence-corrected chi connectivity index (χ4v) is 4.14. The molecule has 2 atom stereocenters. The highest BCUT2D eigenvalue weighted by molar-refractivity contribution is 6.34. The highest BCUT2D eigenvalue weighted by Gasteiger charge is 2.49. The zero-order valence-electron chi connectivity index (χ0n) is 19.2. The zero-order valence-corrected chi connectivity index (χ0v) is 20.8. The van der Waals surface area contributed by atoms with E-state index in [1.54, 1.807) is 24.3 Å². The summed E-state index contributed by atoms with van der Waals surface area (Å²) in [6.07, 6.45) is -0.742. The Kier molecular flexibility index (Phi) is 7.84. The van der Waals surface area contributed by atoms with Crippen molar-refractivity contribution in [3.8, 4) is 5.75 Å². The smallest absolute Gasteiger partial charge is 0.292 e. The Morgan fingerprint density at radius 1 is 1.05 bits per heavy atom. The van der Waals surface area contributed by atoms with Crippen molar-refractivity contribution in [2.24, 2.45) is 10.2 Å². The quantitative estimate of drug-likeness (QED) is 0.0888. The number of hydrogen-bond acceptors (Lipinski definition) is 8. The molecule has 4 rings (SSSR count). The fraction of sp³-hybridized carbons (Fsp3) is 0.125.